The number of likely N-dealkylation sites (tertiary alicyclic amines) is 1. The van der Waals surface area contributed by atoms with Gasteiger partial charge in [0.2, 0.25) is 5.91 Å². The smallest absolute Gasteiger partial charge is 0.253 e. The van der Waals surface area contributed by atoms with Gasteiger partial charge >= 0.3 is 0 Å². The fraction of sp³-hybridized carbons (Fsp3) is 0.622. The summed E-state index contributed by atoms with van der Waals surface area (Å²) in [6.45, 7) is 10.1. The average Bonchev–Trinajstić information content (AvgIpc) is 3.67. The summed E-state index contributed by atoms with van der Waals surface area (Å²) in [5, 5.41) is 26.0. The number of likely N-dealkylation sites (N-methyl/N-ethyl adjacent to an activating group) is 1. The molecule has 5 aliphatic rings. The molecule has 46 heavy (non-hydrogen) atoms. The molecule has 9 heteroatoms. The maximum atomic E-state index is 14.0. The summed E-state index contributed by atoms with van der Waals surface area (Å²) in [5.41, 5.74) is 3.82. The molecule has 3 saturated carbocycles. The molecule has 0 spiro atoms. The zero-order chi connectivity index (χ0) is 32.9. The highest BCUT2D eigenvalue weighted by Gasteiger charge is 2.57. The van der Waals surface area contributed by atoms with Gasteiger partial charge in [-0.2, -0.15) is 5.06 Å². The number of nitrogens with zero attached hydrogens (tertiary/aromatic N) is 3. The monoisotopic (exact) mass is 632 g/mol. The Kier molecular flexibility index (Phi) is 9.35. The molecule has 3 N–H and O–H groups in total. The average molecular weight is 633 g/mol. The second-order valence-corrected chi connectivity index (χ2v) is 15.2. The molecule has 2 aromatic carbocycles. The van der Waals surface area contributed by atoms with Gasteiger partial charge in [-0.1, -0.05) is 51.1 Å². The fourth-order valence-corrected chi connectivity index (χ4v) is 8.88. The van der Waals surface area contributed by atoms with E-state index in [-0.39, 0.29) is 24.5 Å². The number of hydroxylamine groups is 2. The van der Waals surface area contributed by atoms with Crippen LogP contribution in [0.1, 0.15) is 62.9 Å². The summed E-state index contributed by atoms with van der Waals surface area (Å²) in [7, 11) is 4.12. The summed E-state index contributed by atoms with van der Waals surface area (Å²) >= 11 is 0. The molecular weight excluding hydrogens is 580 g/mol. The number of aliphatic hydroxyl groups is 2. The number of hydrogen-bond acceptors (Lipinski definition) is 7. The maximum absolute atomic E-state index is 14.0. The zero-order valence-electron chi connectivity index (χ0n) is 28.2. The lowest BCUT2D eigenvalue weighted by atomic mass is 9.45. The first kappa shape index (κ1) is 33.1. The molecule has 2 bridgehead atoms. The number of carbonyl (C=O) groups excluding carboxylic acids is 2. The molecule has 2 saturated heterocycles. The number of nitrogens with one attached hydrogen (secondary N) is 1. The highest BCUT2D eigenvalue weighted by atomic mass is 16.7. The Balaban J connectivity index is 1.19. The van der Waals surface area contributed by atoms with E-state index in [0.717, 1.165) is 42.6 Å². The molecule has 9 atom stereocenters. The Morgan fingerprint density at radius 2 is 1.83 bits per heavy atom. The first-order chi connectivity index (χ1) is 21.9. The van der Waals surface area contributed by atoms with Gasteiger partial charge in [-0.25, -0.2) is 0 Å². The minimum atomic E-state index is -0.843. The van der Waals surface area contributed by atoms with Crippen molar-refractivity contribution in [3.8, 4) is 11.1 Å². The molecule has 7 rings (SSSR count). The van der Waals surface area contributed by atoms with Gasteiger partial charge in [-0.3, -0.25) is 14.4 Å². The molecule has 9 nitrogen and oxygen atoms in total. The lowest BCUT2D eigenvalue weighted by molar-refractivity contribution is -0.183. The number of fused-ring (bicyclic) bond motifs is 2. The highest BCUT2D eigenvalue weighted by molar-refractivity contribution is 5.95. The van der Waals surface area contributed by atoms with Gasteiger partial charge in [0.15, 0.2) is 0 Å². The van der Waals surface area contributed by atoms with Crippen LogP contribution in [-0.4, -0.2) is 101 Å². The molecule has 2 aromatic rings. The summed E-state index contributed by atoms with van der Waals surface area (Å²) in [6.07, 6.45) is 1.64. The summed E-state index contributed by atoms with van der Waals surface area (Å²) in [4.78, 5) is 37.7. The van der Waals surface area contributed by atoms with E-state index in [1.807, 2.05) is 47.4 Å². The van der Waals surface area contributed by atoms with Crippen molar-refractivity contribution in [3.05, 3.63) is 59.7 Å². The van der Waals surface area contributed by atoms with Crippen molar-refractivity contribution in [1.29, 1.82) is 0 Å². The Morgan fingerprint density at radius 1 is 1.11 bits per heavy atom. The number of hydrogen-bond donors (Lipinski definition) is 3. The van der Waals surface area contributed by atoms with Gasteiger partial charge in [0.05, 0.1) is 19.3 Å². The van der Waals surface area contributed by atoms with Crippen molar-refractivity contribution >= 4 is 11.8 Å². The van der Waals surface area contributed by atoms with Gasteiger partial charge < -0.3 is 25.3 Å². The molecule has 2 amide bonds. The molecular formula is C37H52N4O5. The van der Waals surface area contributed by atoms with Gasteiger partial charge in [0, 0.05) is 36.7 Å². The third-order valence-corrected chi connectivity index (χ3v) is 12.0. The second kappa shape index (κ2) is 13.0. The summed E-state index contributed by atoms with van der Waals surface area (Å²) < 4.78 is 0. The van der Waals surface area contributed by atoms with Crippen molar-refractivity contribution in [2.45, 2.75) is 83.8 Å². The van der Waals surface area contributed by atoms with Crippen LogP contribution in [0.3, 0.4) is 0 Å². The summed E-state index contributed by atoms with van der Waals surface area (Å²) in [6, 6.07) is 15.5. The standard InChI is InChI=1S/C37H52N4O5/c1-22-30-17-28(37(30,3)4)18-31(22)38-35(44)34-33(23(2)43)32(21-42)46-41(34)19-24-9-7-10-25(15-24)26-11-8-12-27(16-26)36(45)40-14-13-29(20-40)39(5)6/h7-12,15-16,22-23,28-34,42-43H,13-14,17-21H2,1-6H3,(H,38,44)/t22-,23-,28-,29+,30+,31-,32-,33+,34-/m0/s1. The third-order valence-electron chi connectivity index (χ3n) is 12.0. The maximum Gasteiger partial charge on any atom is 0.253 e. The van der Waals surface area contributed by atoms with Gasteiger partial charge in [-0.05, 0) is 98.3 Å². The number of amides is 2. The van der Waals surface area contributed by atoms with Crippen LogP contribution >= 0.6 is 0 Å². The largest absolute Gasteiger partial charge is 0.394 e. The van der Waals surface area contributed by atoms with E-state index >= 15 is 0 Å². The minimum Gasteiger partial charge on any atom is -0.394 e. The van der Waals surface area contributed by atoms with Crippen molar-refractivity contribution in [1.82, 2.24) is 20.2 Å². The first-order valence-corrected chi connectivity index (χ1v) is 17.1. The van der Waals surface area contributed by atoms with Crippen molar-refractivity contribution in [2.24, 2.45) is 29.1 Å². The summed E-state index contributed by atoms with van der Waals surface area (Å²) in [5.74, 6) is 0.894. The minimum absolute atomic E-state index is 0.0500. The SMILES string of the molecule is C[C@@H]1[C@@H](NC(=O)[C@@H]2[C@H]([C@H](C)O)[C@H](CO)ON2Cc2cccc(-c3cccc(C(=O)N4CC[C@@H](N(C)C)C4)c3)c2)C[C@@H]2C[C@H]1C2(C)C. The second-order valence-electron chi connectivity index (χ2n) is 15.2. The molecule has 5 fully saturated rings. The van der Waals surface area contributed by atoms with E-state index in [1.54, 1.807) is 12.0 Å². The Hall–Kier alpha value is -2.82. The van der Waals surface area contributed by atoms with Crippen LogP contribution in [0.15, 0.2) is 48.5 Å². The van der Waals surface area contributed by atoms with Crippen LogP contribution in [-0.2, 0) is 16.2 Å². The van der Waals surface area contributed by atoms with Crippen LogP contribution < -0.4 is 5.32 Å². The van der Waals surface area contributed by atoms with E-state index in [2.05, 4.69) is 51.1 Å². The van der Waals surface area contributed by atoms with Crippen LogP contribution in [0.5, 0.6) is 0 Å². The predicted octanol–water partition coefficient (Wildman–Crippen LogP) is 3.79. The molecule has 0 radical (unpaired) electrons. The van der Waals surface area contributed by atoms with Gasteiger partial charge in [0.25, 0.3) is 5.91 Å². The van der Waals surface area contributed by atoms with E-state index in [4.69, 9.17) is 4.84 Å². The topological polar surface area (TPSA) is 106 Å². The van der Waals surface area contributed by atoms with Crippen LogP contribution in [0.4, 0.5) is 0 Å². The quantitative estimate of drug-likeness (QED) is 0.387. The lowest BCUT2D eigenvalue weighted by Gasteiger charge is -2.62. The van der Waals surface area contributed by atoms with Crippen molar-refractivity contribution < 1.29 is 24.6 Å². The number of rotatable bonds is 9. The van der Waals surface area contributed by atoms with Crippen molar-refractivity contribution in [2.75, 3.05) is 33.8 Å². The molecule has 0 unspecified atom stereocenters. The van der Waals surface area contributed by atoms with Crippen LogP contribution in [0.25, 0.3) is 11.1 Å². The number of benzene rings is 2. The lowest BCUT2D eigenvalue weighted by Crippen LogP contribution is -2.62. The van der Waals surface area contributed by atoms with E-state index in [9.17, 15) is 19.8 Å². The number of aliphatic hydroxyl groups excluding tert-OH is 2. The Bertz CT molecular complexity index is 1430. The van der Waals surface area contributed by atoms with Crippen molar-refractivity contribution in [3.63, 3.8) is 0 Å². The fourth-order valence-electron chi connectivity index (χ4n) is 8.88. The number of carbonyl (C=O) groups is 2. The molecule has 0 aromatic heterocycles. The predicted molar refractivity (Wildman–Crippen MR) is 177 cm³/mol. The van der Waals surface area contributed by atoms with Gasteiger partial charge in [0.1, 0.15) is 12.1 Å². The van der Waals surface area contributed by atoms with Gasteiger partial charge in [-0.15, -0.1) is 0 Å². The Labute approximate surface area is 273 Å². The van der Waals surface area contributed by atoms with Crippen LogP contribution in [0, 0.1) is 29.1 Å². The highest BCUT2D eigenvalue weighted by Crippen LogP contribution is 2.61. The normalized spacial score (nSPS) is 32.8. The molecule has 3 aliphatic carbocycles. The molecule has 250 valence electrons. The Morgan fingerprint density at radius 3 is 2.46 bits per heavy atom. The van der Waals surface area contributed by atoms with Crippen LogP contribution in [0.2, 0.25) is 0 Å². The van der Waals surface area contributed by atoms with E-state index in [0.29, 0.717) is 41.3 Å². The van der Waals surface area contributed by atoms with E-state index < -0.39 is 24.2 Å². The molecule has 2 aliphatic heterocycles. The third kappa shape index (κ3) is 6.13. The first-order valence-electron chi connectivity index (χ1n) is 17.1. The van der Waals surface area contributed by atoms with E-state index in [1.165, 1.54) is 6.42 Å². The zero-order valence-corrected chi connectivity index (χ0v) is 28.2. The molecule has 2 heterocycles.